The number of benzene rings is 1. The van der Waals surface area contributed by atoms with Crippen molar-refractivity contribution in [2.24, 2.45) is 11.7 Å². The highest BCUT2D eigenvalue weighted by molar-refractivity contribution is 5.94. The monoisotopic (exact) mass is 274 g/mol. The van der Waals surface area contributed by atoms with E-state index in [0.717, 1.165) is 30.9 Å². The predicted octanol–water partition coefficient (Wildman–Crippen LogP) is 2.89. The zero-order valence-electron chi connectivity index (χ0n) is 12.2. The van der Waals surface area contributed by atoms with Gasteiger partial charge in [0.25, 0.3) is 5.91 Å². The van der Waals surface area contributed by atoms with E-state index in [1.165, 1.54) is 37.7 Å². The minimum absolute atomic E-state index is 0.0418. The standard InChI is InChI=1S/C17H26N2O/c18-12-10-15-6-8-16(9-7-15)17(20)19-13-11-14-4-2-1-3-5-14/h6-9,14H,1-5,10-13,18H2,(H,19,20). The second kappa shape index (κ2) is 8.05. The van der Waals surface area contributed by atoms with Gasteiger partial charge in [-0.05, 0) is 43.0 Å². The van der Waals surface area contributed by atoms with E-state index in [4.69, 9.17) is 5.73 Å². The first kappa shape index (κ1) is 15.0. The maximum absolute atomic E-state index is 12.0. The summed E-state index contributed by atoms with van der Waals surface area (Å²) in [5.41, 5.74) is 7.45. The molecule has 1 amide bonds. The molecular formula is C17H26N2O. The van der Waals surface area contributed by atoms with Gasteiger partial charge in [0.1, 0.15) is 0 Å². The molecule has 1 aliphatic rings. The van der Waals surface area contributed by atoms with Gasteiger partial charge in [0.15, 0.2) is 0 Å². The van der Waals surface area contributed by atoms with Crippen molar-refractivity contribution >= 4 is 5.91 Å². The lowest BCUT2D eigenvalue weighted by Gasteiger charge is -2.21. The zero-order valence-corrected chi connectivity index (χ0v) is 12.2. The lowest BCUT2D eigenvalue weighted by molar-refractivity contribution is 0.0950. The van der Waals surface area contributed by atoms with Crippen LogP contribution in [0.15, 0.2) is 24.3 Å². The second-order valence-corrected chi connectivity index (χ2v) is 5.78. The Balaban J connectivity index is 1.73. The Morgan fingerprint density at radius 3 is 2.50 bits per heavy atom. The molecule has 0 aliphatic heterocycles. The fraction of sp³-hybridized carbons (Fsp3) is 0.588. The van der Waals surface area contributed by atoms with Crippen LogP contribution in [0.2, 0.25) is 0 Å². The van der Waals surface area contributed by atoms with Gasteiger partial charge in [0.2, 0.25) is 0 Å². The molecule has 1 aromatic carbocycles. The van der Waals surface area contributed by atoms with Crippen LogP contribution in [0.1, 0.15) is 54.4 Å². The Morgan fingerprint density at radius 1 is 1.15 bits per heavy atom. The molecule has 0 bridgehead atoms. The molecule has 0 aromatic heterocycles. The number of rotatable bonds is 6. The van der Waals surface area contributed by atoms with Crippen LogP contribution >= 0.6 is 0 Å². The maximum Gasteiger partial charge on any atom is 0.251 e. The number of carbonyl (C=O) groups excluding carboxylic acids is 1. The van der Waals surface area contributed by atoms with E-state index < -0.39 is 0 Å². The third kappa shape index (κ3) is 4.64. The van der Waals surface area contributed by atoms with Gasteiger partial charge >= 0.3 is 0 Å². The third-order valence-corrected chi connectivity index (χ3v) is 4.21. The van der Waals surface area contributed by atoms with E-state index in [0.29, 0.717) is 6.54 Å². The predicted molar refractivity (Wildman–Crippen MR) is 82.7 cm³/mol. The highest BCUT2D eigenvalue weighted by atomic mass is 16.1. The largest absolute Gasteiger partial charge is 0.352 e. The molecule has 20 heavy (non-hydrogen) atoms. The van der Waals surface area contributed by atoms with Gasteiger partial charge in [-0.1, -0.05) is 44.2 Å². The normalized spacial score (nSPS) is 16.1. The zero-order chi connectivity index (χ0) is 14.2. The molecule has 2 rings (SSSR count). The maximum atomic E-state index is 12.0. The first-order valence-corrected chi connectivity index (χ1v) is 7.87. The fourth-order valence-corrected chi connectivity index (χ4v) is 2.96. The molecular weight excluding hydrogens is 248 g/mol. The topological polar surface area (TPSA) is 55.1 Å². The van der Waals surface area contributed by atoms with E-state index in [1.807, 2.05) is 24.3 Å². The quantitative estimate of drug-likeness (QED) is 0.838. The molecule has 1 fully saturated rings. The van der Waals surface area contributed by atoms with Crippen LogP contribution in [0.4, 0.5) is 0 Å². The number of hydrogen-bond acceptors (Lipinski definition) is 2. The Morgan fingerprint density at radius 2 is 1.85 bits per heavy atom. The molecule has 0 saturated heterocycles. The van der Waals surface area contributed by atoms with Crippen molar-refractivity contribution in [3.8, 4) is 0 Å². The van der Waals surface area contributed by atoms with Gasteiger partial charge in [-0.2, -0.15) is 0 Å². The Hall–Kier alpha value is -1.35. The molecule has 3 heteroatoms. The lowest BCUT2D eigenvalue weighted by Crippen LogP contribution is -2.26. The van der Waals surface area contributed by atoms with Crippen molar-refractivity contribution in [1.82, 2.24) is 5.32 Å². The van der Waals surface area contributed by atoms with Crippen LogP contribution in [0.5, 0.6) is 0 Å². The second-order valence-electron chi connectivity index (χ2n) is 5.78. The van der Waals surface area contributed by atoms with Crippen LogP contribution < -0.4 is 11.1 Å². The minimum atomic E-state index is 0.0418. The Labute approximate surface area is 121 Å². The number of amides is 1. The molecule has 0 spiro atoms. The van der Waals surface area contributed by atoms with E-state index in [2.05, 4.69) is 5.32 Å². The van der Waals surface area contributed by atoms with Crippen molar-refractivity contribution in [3.05, 3.63) is 35.4 Å². The van der Waals surface area contributed by atoms with Crippen LogP contribution in [0, 0.1) is 5.92 Å². The molecule has 110 valence electrons. The number of hydrogen-bond donors (Lipinski definition) is 2. The average molecular weight is 274 g/mol. The van der Waals surface area contributed by atoms with Gasteiger partial charge in [-0.3, -0.25) is 4.79 Å². The summed E-state index contributed by atoms with van der Waals surface area (Å²) in [5.74, 6) is 0.857. The van der Waals surface area contributed by atoms with Crippen LogP contribution in [-0.2, 0) is 6.42 Å². The summed E-state index contributed by atoms with van der Waals surface area (Å²) in [4.78, 5) is 12.0. The van der Waals surface area contributed by atoms with Crippen molar-refractivity contribution in [2.45, 2.75) is 44.9 Å². The summed E-state index contributed by atoms with van der Waals surface area (Å²) in [6.07, 6.45) is 8.77. The molecule has 1 aliphatic carbocycles. The van der Waals surface area contributed by atoms with Crippen LogP contribution in [0.3, 0.4) is 0 Å². The number of nitrogens with two attached hydrogens (primary N) is 1. The molecule has 3 N–H and O–H groups in total. The highest BCUT2D eigenvalue weighted by Crippen LogP contribution is 2.25. The summed E-state index contributed by atoms with van der Waals surface area (Å²) in [7, 11) is 0. The number of carbonyl (C=O) groups is 1. The first-order valence-electron chi connectivity index (χ1n) is 7.87. The summed E-state index contributed by atoms with van der Waals surface area (Å²) in [6.45, 7) is 1.45. The van der Waals surface area contributed by atoms with Gasteiger partial charge in [0, 0.05) is 12.1 Å². The summed E-state index contributed by atoms with van der Waals surface area (Å²) in [5, 5.41) is 3.03. The molecule has 0 atom stereocenters. The molecule has 0 heterocycles. The fourth-order valence-electron chi connectivity index (χ4n) is 2.96. The van der Waals surface area contributed by atoms with Crippen molar-refractivity contribution in [3.63, 3.8) is 0 Å². The van der Waals surface area contributed by atoms with E-state index in [-0.39, 0.29) is 5.91 Å². The summed E-state index contributed by atoms with van der Waals surface area (Å²) < 4.78 is 0. The lowest BCUT2D eigenvalue weighted by atomic mass is 9.87. The Kier molecular flexibility index (Phi) is 6.06. The smallest absolute Gasteiger partial charge is 0.251 e. The van der Waals surface area contributed by atoms with Crippen LogP contribution in [0.25, 0.3) is 0 Å². The van der Waals surface area contributed by atoms with E-state index in [9.17, 15) is 4.79 Å². The molecule has 0 unspecified atom stereocenters. The van der Waals surface area contributed by atoms with Gasteiger partial charge in [-0.25, -0.2) is 0 Å². The molecule has 1 aromatic rings. The van der Waals surface area contributed by atoms with Crippen molar-refractivity contribution in [2.75, 3.05) is 13.1 Å². The van der Waals surface area contributed by atoms with Gasteiger partial charge < -0.3 is 11.1 Å². The minimum Gasteiger partial charge on any atom is -0.352 e. The molecule has 1 saturated carbocycles. The molecule has 3 nitrogen and oxygen atoms in total. The molecule has 0 radical (unpaired) electrons. The summed E-state index contributed by atoms with van der Waals surface area (Å²) in [6, 6.07) is 7.76. The first-order chi connectivity index (χ1) is 9.79. The SMILES string of the molecule is NCCc1ccc(C(=O)NCCC2CCCCC2)cc1. The van der Waals surface area contributed by atoms with Gasteiger partial charge in [0.05, 0.1) is 0 Å². The van der Waals surface area contributed by atoms with Crippen LogP contribution in [-0.4, -0.2) is 19.0 Å². The van der Waals surface area contributed by atoms with E-state index >= 15 is 0 Å². The number of nitrogens with one attached hydrogen (secondary N) is 1. The Bertz CT molecular complexity index is 408. The van der Waals surface area contributed by atoms with Crippen molar-refractivity contribution in [1.29, 1.82) is 0 Å². The van der Waals surface area contributed by atoms with E-state index in [1.54, 1.807) is 0 Å². The van der Waals surface area contributed by atoms with Crippen molar-refractivity contribution < 1.29 is 4.79 Å². The average Bonchev–Trinajstić information content (AvgIpc) is 2.49. The third-order valence-electron chi connectivity index (χ3n) is 4.21. The summed E-state index contributed by atoms with van der Waals surface area (Å²) >= 11 is 0. The highest BCUT2D eigenvalue weighted by Gasteiger charge is 2.13. The van der Waals surface area contributed by atoms with Gasteiger partial charge in [-0.15, -0.1) is 0 Å².